The molecule has 4 heteroatoms. The highest BCUT2D eigenvalue weighted by atomic mass is 16.5. The number of carbonyl (C=O) groups is 1. The van der Waals surface area contributed by atoms with Crippen molar-refractivity contribution in [2.45, 2.75) is 13.0 Å². The average molecular weight is 131 g/mol. The molecule has 0 saturated heterocycles. The van der Waals surface area contributed by atoms with Crippen LogP contribution in [0.15, 0.2) is 5.18 Å². The molecule has 0 N–H and O–H groups in total. The van der Waals surface area contributed by atoms with E-state index in [9.17, 15) is 9.70 Å². The Morgan fingerprint density at radius 3 is 2.67 bits per heavy atom. The number of hydrogen-bond donors (Lipinski definition) is 0. The lowest BCUT2D eigenvalue weighted by Crippen LogP contribution is -2.18. The zero-order valence-electron chi connectivity index (χ0n) is 5.46. The zero-order chi connectivity index (χ0) is 7.28. The fraction of sp³-hybridized carbons (Fsp3) is 0.800. The van der Waals surface area contributed by atoms with Gasteiger partial charge in [-0.2, -0.15) is 4.91 Å². The number of hydrogen-bond acceptors (Lipinski definition) is 4. The Hall–Kier alpha value is -0.770. The second-order valence-electron chi connectivity index (χ2n) is 1.68. The van der Waals surface area contributed by atoms with Crippen LogP contribution in [0.25, 0.3) is 0 Å². The Balaban J connectivity index is 3.58. The van der Waals surface area contributed by atoms with Crippen molar-refractivity contribution in [1.82, 2.24) is 0 Å². The number of rotatable bonds is 4. The SMILES string of the molecule is COCC(=O)C(C)N=O. The van der Waals surface area contributed by atoms with Gasteiger partial charge in [0.05, 0.1) is 0 Å². The van der Waals surface area contributed by atoms with E-state index < -0.39 is 6.04 Å². The highest BCUT2D eigenvalue weighted by Crippen LogP contribution is 1.89. The molecule has 0 aliphatic carbocycles. The molecule has 0 radical (unpaired) electrons. The number of methoxy groups -OCH3 is 1. The number of ether oxygens (including phenoxy) is 1. The summed E-state index contributed by atoms with van der Waals surface area (Å²) in [6.45, 7) is 1.40. The molecule has 0 aliphatic rings. The number of carbonyl (C=O) groups excluding carboxylic acids is 1. The van der Waals surface area contributed by atoms with E-state index in [1.54, 1.807) is 0 Å². The first-order valence-corrected chi connectivity index (χ1v) is 2.56. The van der Waals surface area contributed by atoms with Gasteiger partial charge in [0.25, 0.3) is 0 Å². The van der Waals surface area contributed by atoms with Crippen molar-refractivity contribution in [3.8, 4) is 0 Å². The van der Waals surface area contributed by atoms with Crippen LogP contribution < -0.4 is 0 Å². The minimum absolute atomic E-state index is 0.0348. The lowest BCUT2D eigenvalue weighted by Gasteiger charge is -1.97. The van der Waals surface area contributed by atoms with Crippen LogP contribution in [0.2, 0.25) is 0 Å². The molecular formula is C5H9NO3. The van der Waals surface area contributed by atoms with Gasteiger partial charge in [-0.05, 0) is 6.92 Å². The molecule has 0 bridgehead atoms. The largest absolute Gasteiger partial charge is 0.377 e. The maximum Gasteiger partial charge on any atom is 0.186 e. The molecule has 0 spiro atoms. The molecule has 0 amide bonds. The molecule has 0 aromatic rings. The maximum absolute atomic E-state index is 10.6. The zero-order valence-corrected chi connectivity index (χ0v) is 5.46. The van der Waals surface area contributed by atoms with E-state index in [2.05, 4.69) is 9.91 Å². The number of nitroso groups, excluding NO2 is 1. The Kier molecular flexibility index (Phi) is 3.79. The number of nitrogens with zero attached hydrogens (tertiary/aromatic N) is 1. The Bertz CT molecular complexity index is 113. The predicted molar refractivity (Wildman–Crippen MR) is 32.1 cm³/mol. The topological polar surface area (TPSA) is 55.7 Å². The average Bonchev–Trinajstić information content (AvgIpc) is 1.87. The summed E-state index contributed by atoms with van der Waals surface area (Å²) in [5.41, 5.74) is 0. The summed E-state index contributed by atoms with van der Waals surface area (Å²) < 4.78 is 4.48. The van der Waals surface area contributed by atoms with Gasteiger partial charge in [0.1, 0.15) is 12.6 Å². The molecule has 4 nitrogen and oxygen atoms in total. The second kappa shape index (κ2) is 4.14. The summed E-state index contributed by atoms with van der Waals surface area (Å²) in [6, 6.07) is -0.773. The van der Waals surface area contributed by atoms with Crippen molar-refractivity contribution in [3.63, 3.8) is 0 Å². The molecule has 0 aromatic carbocycles. The first kappa shape index (κ1) is 8.23. The molecule has 0 fully saturated rings. The highest BCUT2D eigenvalue weighted by molar-refractivity contribution is 5.84. The fourth-order valence-corrected chi connectivity index (χ4v) is 0.322. The van der Waals surface area contributed by atoms with Gasteiger partial charge >= 0.3 is 0 Å². The molecule has 0 aromatic heterocycles. The van der Waals surface area contributed by atoms with Crippen LogP contribution in [-0.4, -0.2) is 25.5 Å². The minimum atomic E-state index is -0.773. The second-order valence-corrected chi connectivity index (χ2v) is 1.68. The summed E-state index contributed by atoms with van der Waals surface area (Å²) in [6.07, 6.45) is 0. The number of Topliss-reactive ketones (excluding diaryl/α,β-unsaturated/α-hetero) is 1. The van der Waals surface area contributed by atoms with E-state index in [1.165, 1.54) is 14.0 Å². The third-order valence-electron chi connectivity index (χ3n) is 0.911. The van der Waals surface area contributed by atoms with E-state index >= 15 is 0 Å². The number of ketones is 1. The monoisotopic (exact) mass is 131 g/mol. The third-order valence-corrected chi connectivity index (χ3v) is 0.911. The van der Waals surface area contributed by atoms with Crippen molar-refractivity contribution < 1.29 is 9.53 Å². The molecular weight excluding hydrogens is 122 g/mol. The van der Waals surface area contributed by atoms with Gasteiger partial charge in [-0.25, -0.2) is 0 Å². The Labute approximate surface area is 53.2 Å². The van der Waals surface area contributed by atoms with Gasteiger partial charge in [0.15, 0.2) is 5.78 Å². The summed E-state index contributed by atoms with van der Waals surface area (Å²) in [5, 5.41) is 2.53. The van der Waals surface area contributed by atoms with Gasteiger partial charge in [-0.3, -0.25) is 4.79 Å². The van der Waals surface area contributed by atoms with Crippen molar-refractivity contribution in [1.29, 1.82) is 0 Å². The lowest BCUT2D eigenvalue weighted by atomic mass is 10.2. The van der Waals surface area contributed by atoms with Crippen LogP contribution >= 0.6 is 0 Å². The highest BCUT2D eigenvalue weighted by Gasteiger charge is 2.10. The van der Waals surface area contributed by atoms with Gasteiger partial charge in [0, 0.05) is 7.11 Å². The van der Waals surface area contributed by atoms with Gasteiger partial charge in [0.2, 0.25) is 0 Å². The van der Waals surface area contributed by atoms with Crippen molar-refractivity contribution >= 4 is 5.78 Å². The molecule has 0 heterocycles. The van der Waals surface area contributed by atoms with Crippen LogP contribution in [0, 0.1) is 4.91 Å². The third kappa shape index (κ3) is 2.92. The molecule has 52 valence electrons. The van der Waals surface area contributed by atoms with Crippen LogP contribution in [0.4, 0.5) is 0 Å². The van der Waals surface area contributed by atoms with E-state index in [-0.39, 0.29) is 12.4 Å². The molecule has 1 unspecified atom stereocenters. The maximum atomic E-state index is 10.6. The normalized spacial score (nSPS) is 12.7. The molecule has 1 atom stereocenters. The van der Waals surface area contributed by atoms with Gasteiger partial charge < -0.3 is 4.74 Å². The molecule has 9 heavy (non-hydrogen) atoms. The Morgan fingerprint density at radius 2 is 2.33 bits per heavy atom. The van der Waals surface area contributed by atoms with E-state index in [0.29, 0.717) is 0 Å². The predicted octanol–water partition coefficient (Wildman–Crippen LogP) is 0.357. The minimum Gasteiger partial charge on any atom is -0.377 e. The standard InChI is InChI=1S/C5H9NO3/c1-4(6-8)5(7)3-9-2/h4H,3H2,1-2H3. The Morgan fingerprint density at radius 1 is 1.78 bits per heavy atom. The van der Waals surface area contributed by atoms with Gasteiger partial charge in [-0.1, -0.05) is 5.18 Å². The van der Waals surface area contributed by atoms with Crippen LogP contribution in [0.3, 0.4) is 0 Å². The van der Waals surface area contributed by atoms with Crippen molar-refractivity contribution in [2.24, 2.45) is 5.18 Å². The fourth-order valence-electron chi connectivity index (χ4n) is 0.322. The summed E-state index contributed by atoms with van der Waals surface area (Å²) in [7, 11) is 1.40. The summed E-state index contributed by atoms with van der Waals surface area (Å²) in [5.74, 6) is -0.285. The quantitative estimate of drug-likeness (QED) is 0.517. The van der Waals surface area contributed by atoms with Crippen LogP contribution in [0.5, 0.6) is 0 Å². The summed E-state index contributed by atoms with van der Waals surface area (Å²) in [4.78, 5) is 20.3. The van der Waals surface area contributed by atoms with Crippen molar-refractivity contribution in [2.75, 3.05) is 13.7 Å². The first-order valence-electron chi connectivity index (χ1n) is 2.56. The van der Waals surface area contributed by atoms with Crippen LogP contribution in [-0.2, 0) is 9.53 Å². The molecule has 0 aliphatic heterocycles. The van der Waals surface area contributed by atoms with Crippen molar-refractivity contribution in [3.05, 3.63) is 4.91 Å². The van der Waals surface area contributed by atoms with E-state index in [4.69, 9.17) is 0 Å². The lowest BCUT2D eigenvalue weighted by molar-refractivity contribution is -0.123. The molecule has 0 saturated carbocycles. The van der Waals surface area contributed by atoms with E-state index in [0.717, 1.165) is 0 Å². The van der Waals surface area contributed by atoms with Crippen LogP contribution in [0.1, 0.15) is 6.92 Å². The van der Waals surface area contributed by atoms with Gasteiger partial charge in [-0.15, -0.1) is 0 Å². The smallest absolute Gasteiger partial charge is 0.186 e. The van der Waals surface area contributed by atoms with E-state index in [1.807, 2.05) is 0 Å². The first-order chi connectivity index (χ1) is 4.22. The molecule has 0 rings (SSSR count). The summed E-state index contributed by atoms with van der Waals surface area (Å²) >= 11 is 0.